The number of benzene rings is 2. The highest BCUT2D eigenvalue weighted by atomic mass is 79.9. The first kappa shape index (κ1) is 16.4. The highest BCUT2D eigenvalue weighted by Crippen LogP contribution is 2.21. The number of aryl methyl sites for hydroxylation is 2. The number of halogens is 1. The molecule has 0 bridgehead atoms. The van der Waals surface area contributed by atoms with E-state index in [1.807, 2.05) is 56.3 Å². The molecule has 0 fully saturated rings. The number of ether oxygens (including phenoxy) is 1. The highest BCUT2D eigenvalue weighted by molar-refractivity contribution is 9.10. The number of anilines is 1. The standard InChI is InChI=1S/C17H19BrN2O2/c1-12-4-3-5-13(2)16(12)22-11-10-19-17(21)20-15-8-6-14(18)7-9-15/h3-9H,10-11H2,1-2H3,(H2,19,20,21). The molecule has 0 aliphatic carbocycles. The van der Waals surface area contributed by atoms with Gasteiger partial charge < -0.3 is 15.4 Å². The summed E-state index contributed by atoms with van der Waals surface area (Å²) in [7, 11) is 0. The van der Waals surface area contributed by atoms with Crippen LogP contribution in [0.2, 0.25) is 0 Å². The smallest absolute Gasteiger partial charge is 0.319 e. The van der Waals surface area contributed by atoms with Crippen molar-refractivity contribution in [2.24, 2.45) is 0 Å². The van der Waals surface area contributed by atoms with Crippen molar-refractivity contribution in [1.29, 1.82) is 0 Å². The summed E-state index contributed by atoms with van der Waals surface area (Å²) < 4.78 is 6.71. The van der Waals surface area contributed by atoms with E-state index in [1.54, 1.807) is 0 Å². The molecule has 0 aromatic heterocycles. The molecule has 2 N–H and O–H groups in total. The van der Waals surface area contributed by atoms with E-state index in [4.69, 9.17) is 4.74 Å². The predicted molar refractivity (Wildman–Crippen MR) is 92.6 cm³/mol. The summed E-state index contributed by atoms with van der Waals surface area (Å²) in [5, 5.41) is 5.53. The van der Waals surface area contributed by atoms with Crippen LogP contribution < -0.4 is 15.4 Å². The zero-order valence-electron chi connectivity index (χ0n) is 12.7. The maximum absolute atomic E-state index is 11.8. The lowest BCUT2D eigenvalue weighted by molar-refractivity contribution is 0.247. The van der Waals surface area contributed by atoms with Crippen molar-refractivity contribution in [3.05, 3.63) is 58.1 Å². The molecule has 2 aromatic rings. The number of para-hydroxylation sites is 1. The zero-order valence-corrected chi connectivity index (χ0v) is 14.2. The average Bonchev–Trinajstić information content (AvgIpc) is 2.48. The van der Waals surface area contributed by atoms with Crippen molar-refractivity contribution in [2.45, 2.75) is 13.8 Å². The SMILES string of the molecule is Cc1cccc(C)c1OCCNC(=O)Nc1ccc(Br)cc1. The molecule has 0 radical (unpaired) electrons. The van der Waals surface area contributed by atoms with Crippen LogP contribution in [0.3, 0.4) is 0 Å². The van der Waals surface area contributed by atoms with Gasteiger partial charge in [0.2, 0.25) is 0 Å². The van der Waals surface area contributed by atoms with Gasteiger partial charge in [0, 0.05) is 10.2 Å². The molecule has 0 saturated heterocycles. The number of amides is 2. The molecule has 4 nitrogen and oxygen atoms in total. The van der Waals surface area contributed by atoms with E-state index in [-0.39, 0.29) is 6.03 Å². The van der Waals surface area contributed by atoms with Crippen molar-refractivity contribution < 1.29 is 9.53 Å². The van der Waals surface area contributed by atoms with Crippen LogP contribution in [0.4, 0.5) is 10.5 Å². The first-order valence-corrected chi connectivity index (χ1v) is 7.85. The zero-order chi connectivity index (χ0) is 15.9. The van der Waals surface area contributed by atoms with E-state index in [2.05, 4.69) is 26.6 Å². The Hall–Kier alpha value is -2.01. The number of rotatable bonds is 5. The van der Waals surface area contributed by atoms with E-state index in [0.29, 0.717) is 13.2 Å². The second-order valence-electron chi connectivity index (χ2n) is 4.96. The first-order chi connectivity index (χ1) is 10.6. The van der Waals surface area contributed by atoms with Crippen LogP contribution in [0, 0.1) is 13.8 Å². The summed E-state index contributed by atoms with van der Waals surface area (Å²) in [6.45, 7) is 4.89. The molecule has 22 heavy (non-hydrogen) atoms. The van der Waals surface area contributed by atoms with Crippen LogP contribution in [0.1, 0.15) is 11.1 Å². The molecule has 0 saturated carbocycles. The van der Waals surface area contributed by atoms with Crippen LogP contribution in [0.5, 0.6) is 5.75 Å². The molecule has 0 unspecified atom stereocenters. The Morgan fingerprint density at radius 1 is 1.09 bits per heavy atom. The first-order valence-electron chi connectivity index (χ1n) is 7.05. The molecule has 116 valence electrons. The second kappa shape index (κ2) is 7.84. The molecule has 2 amide bonds. The van der Waals surface area contributed by atoms with Crippen molar-refractivity contribution >= 4 is 27.6 Å². The summed E-state index contributed by atoms with van der Waals surface area (Å²) >= 11 is 3.35. The Balaban J connectivity index is 1.74. The van der Waals surface area contributed by atoms with Gasteiger partial charge in [0.1, 0.15) is 12.4 Å². The summed E-state index contributed by atoms with van der Waals surface area (Å²) in [5.41, 5.74) is 2.94. The van der Waals surface area contributed by atoms with E-state index in [9.17, 15) is 4.79 Å². The topological polar surface area (TPSA) is 50.4 Å². The quantitative estimate of drug-likeness (QED) is 0.780. The van der Waals surface area contributed by atoms with Gasteiger partial charge in [0.05, 0.1) is 6.54 Å². The minimum atomic E-state index is -0.243. The fourth-order valence-electron chi connectivity index (χ4n) is 2.05. The largest absolute Gasteiger partial charge is 0.491 e. The molecule has 2 rings (SSSR count). The van der Waals surface area contributed by atoms with E-state index in [1.165, 1.54) is 0 Å². The molecular weight excluding hydrogens is 344 g/mol. The second-order valence-corrected chi connectivity index (χ2v) is 5.87. The summed E-state index contributed by atoms with van der Waals surface area (Å²) in [6.07, 6.45) is 0. The fraction of sp³-hybridized carbons (Fsp3) is 0.235. The average molecular weight is 363 g/mol. The van der Waals surface area contributed by atoms with Crippen LogP contribution in [-0.4, -0.2) is 19.2 Å². The lowest BCUT2D eigenvalue weighted by atomic mass is 10.1. The molecular formula is C17H19BrN2O2. The van der Waals surface area contributed by atoms with Crippen molar-refractivity contribution in [3.63, 3.8) is 0 Å². The number of hydrogen-bond donors (Lipinski definition) is 2. The molecule has 0 heterocycles. The summed E-state index contributed by atoms with van der Waals surface area (Å²) in [4.78, 5) is 11.8. The maximum Gasteiger partial charge on any atom is 0.319 e. The van der Waals surface area contributed by atoms with Crippen LogP contribution in [-0.2, 0) is 0 Å². The van der Waals surface area contributed by atoms with Gasteiger partial charge in [-0.2, -0.15) is 0 Å². The maximum atomic E-state index is 11.8. The Morgan fingerprint density at radius 3 is 2.36 bits per heavy atom. The molecule has 0 spiro atoms. The van der Waals surface area contributed by atoms with Gasteiger partial charge in [0.25, 0.3) is 0 Å². The van der Waals surface area contributed by atoms with Crippen molar-refractivity contribution in [2.75, 3.05) is 18.5 Å². The minimum absolute atomic E-state index is 0.243. The van der Waals surface area contributed by atoms with Crippen molar-refractivity contribution in [3.8, 4) is 5.75 Å². The number of urea groups is 1. The third kappa shape index (κ3) is 4.77. The predicted octanol–water partition coefficient (Wildman–Crippen LogP) is 4.27. The molecule has 5 heteroatoms. The Kier molecular flexibility index (Phi) is 5.83. The van der Waals surface area contributed by atoms with E-state index < -0.39 is 0 Å². The number of hydrogen-bond acceptors (Lipinski definition) is 2. The Bertz CT molecular complexity index is 621. The molecule has 0 aliphatic rings. The molecule has 2 aromatic carbocycles. The third-order valence-electron chi connectivity index (χ3n) is 3.14. The molecule has 0 aliphatic heterocycles. The normalized spacial score (nSPS) is 10.1. The van der Waals surface area contributed by atoms with Crippen LogP contribution in [0.15, 0.2) is 46.9 Å². The lowest BCUT2D eigenvalue weighted by Gasteiger charge is -2.12. The molecule has 0 atom stereocenters. The number of carbonyl (C=O) groups excluding carboxylic acids is 1. The lowest BCUT2D eigenvalue weighted by Crippen LogP contribution is -2.32. The van der Waals surface area contributed by atoms with Crippen LogP contribution >= 0.6 is 15.9 Å². The Morgan fingerprint density at radius 2 is 1.73 bits per heavy atom. The summed E-state index contributed by atoms with van der Waals surface area (Å²) in [6, 6.07) is 13.2. The van der Waals surface area contributed by atoms with Gasteiger partial charge in [-0.1, -0.05) is 34.1 Å². The summed E-state index contributed by atoms with van der Waals surface area (Å²) in [5.74, 6) is 0.887. The minimum Gasteiger partial charge on any atom is -0.491 e. The Labute approximate surface area is 139 Å². The number of nitrogens with one attached hydrogen (secondary N) is 2. The fourth-order valence-corrected chi connectivity index (χ4v) is 2.32. The van der Waals surface area contributed by atoms with Gasteiger partial charge in [-0.3, -0.25) is 0 Å². The van der Waals surface area contributed by atoms with Gasteiger partial charge in [0.15, 0.2) is 0 Å². The van der Waals surface area contributed by atoms with E-state index in [0.717, 1.165) is 27.0 Å². The highest BCUT2D eigenvalue weighted by Gasteiger charge is 2.04. The van der Waals surface area contributed by atoms with Gasteiger partial charge in [-0.15, -0.1) is 0 Å². The third-order valence-corrected chi connectivity index (χ3v) is 3.67. The van der Waals surface area contributed by atoms with Gasteiger partial charge in [-0.05, 0) is 49.2 Å². The van der Waals surface area contributed by atoms with E-state index >= 15 is 0 Å². The monoisotopic (exact) mass is 362 g/mol. The van der Waals surface area contributed by atoms with Gasteiger partial charge in [-0.25, -0.2) is 4.79 Å². The van der Waals surface area contributed by atoms with Crippen LogP contribution in [0.25, 0.3) is 0 Å². The van der Waals surface area contributed by atoms with Gasteiger partial charge >= 0.3 is 6.03 Å². The number of carbonyl (C=O) groups is 1. The van der Waals surface area contributed by atoms with Crippen molar-refractivity contribution in [1.82, 2.24) is 5.32 Å².